The van der Waals surface area contributed by atoms with E-state index in [1.165, 1.54) is 36.8 Å². The van der Waals surface area contributed by atoms with Crippen molar-refractivity contribution in [2.24, 2.45) is 5.10 Å². The highest BCUT2D eigenvalue weighted by atomic mass is 32.2. The highest BCUT2D eigenvalue weighted by Crippen LogP contribution is 2.28. The topological polar surface area (TPSA) is 94.1 Å². The number of thiophene rings is 1. The van der Waals surface area contributed by atoms with Crippen LogP contribution >= 0.6 is 11.3 Å². The van der Waals surface area contributed by atoms with Crippen LogP contribution in [0.4, 0.5) is 0 Å². The SMILES string of the molecule is COc1cc(/C=N/NS(=O)(=O)c2ccc(C)cc2)ccc1OC(=O)c1cccs1. The molecule has 0 spiro atoms. The highest BCUT2D eigenvalue weighted by Gasteiger charge is 2.14. The molecule has 0 fully saturated rings. The minimum Gasteiger partial charge on any atom is -0.493 e. The van der Waals surface area contributed by atoms with Gasteiger partial charge in [0, 0.05) is 0 Å². The summed E-state index contributed by atoms with van der Waals surface area (Å²) in [5, 5.41) is 5.58. The Balaban J connectivity index is 1.71. The second-order valence-corrected chi connectivity index (χ2v) is 8.55. The average Bonchev–Trinajstić information content (AvgIpc) is 3.24. The molecule has 0 aliphatic heterocycles. The van der Waals surface area contributed by atoms with Crippen LogP contribution in [0.1, 0.15) is 20.8 Å². The third-order valence-corrected chi connectivity index (χ3v) is 5.92. The van der Waals surface area contributed by atoms with Gasteiger partial charge in [0.2, 0.25) is 0 Å². The molecule has 0 saturated carbocycles. The van der Waals surface area contributed by atoms with Crippen LogP contribution < -0.4 is 14.3 Å². The van der Waals surface area contributed by atoms with E-state index in [1.54, 1.807) is 47.8 Å². The maximum Gasteiger partial charge on any atom is 0.353 e. The van der Waals surface area contributed by atoms with Crippen LogP contribution in [-0.2, 0) is 10.0 Å². The number of carbonyl (C=O) groups is 1. The molecule has 0 unspecified atom stereocenters. The van der Waals surface area contributed by atoms with E-state index in [-0.39, 0.29) is 10.6 Å². The first kappa shape index (κ1) is 20.6. The largest absolute Gasteiger partial charge is 0.493 e. The van der Waals surface area contributed by atoms with Gasteiger partial charge in [-0.05, 0) is 54.3 Å². The van der Waals surface area contributed by atoms with Gasteiger partial charge in [0.1, 0.15) is 4.88 Å². The van der Waals surface area contributed by atoms with E-state index in [0.717, 1.165) is 5.56 Å². The van der Waals surface area contributed by atoms with Crippen molar-refractivity contribution < 1.29 is 22.7 Å². The zero-order valence-electron chi connectivity index (χ0n) is 15.7. The van der Waals surface area contributed by atoms with E-state index >= 15 is 0 Å². The summed E-state index contributed by atoms with van der Waals surface area (Å²) in [6.07, 6.45) is 1.33. The lowest BCUT2D eigenvalue weighted by molar-refractivity contribution is 0.0735. The Hall–Kier alpha value is -3.17. The normalized spacial score (nSPS) is 11.4. The highest BCUT2D eigenvalue weighted by molar-refractivity contribution is 7.89. The lowest BCUT2D eigenvalue weighted by atomic mass is 10.2. The molecule has 1 aromatic heterocycles. The molecule has 0 amide bonds. The molecule has 0 aliphatic rings. The maximum atomic E-state index is 12.2. The van der Waals surface area contributed by atoms with Gasteiger partial charge in [-0.2, -0.15) is 13.5 Å². The predicted octanol–water partition coefficient (Wildman–Crippen LogP) is 3.60. The van der Waals surface area contributed by atoms with Crippen molar-refractivity contribution in [1.29, 1.82) is 0 Å². The maximum absolute atomic E-state index is 12.2. The number of esters is 1. The van der Waals surface area contributed by atoms with E-state index in [4.69, 9.17) is 9.47 Å². The fraction of sp³-hybridized carbons (Fsp3) is 0.100. The molecule has 150 valence electrons. The summed E-state index contributed by atoms with van der Waals surface area (Å²) in [7, 11) is -2.32. The Labute approximate surface area is 172 Å². The third kappa shape index (κ3) is 5.21. The number of rotatable bonds is 7. The molecule has 2 aromatic carbocycles. The Morgan fingerprint density at radius 3 is 2.52 bits per heavy atom. The first-order valence-electron chi connectivity index (χ1n) is 8.44. The molecule has 0 aliphatic carbocycles. The standard InChI is InChI=1S/C20H18N2O5S2/c1-14-5-8-16(9-6-14)29(24,25)22-21-13-15-7-10-17(18(12-15)26-2)27-20(23)19-4-3-11-28-19/h3-13,22H,1-2H3/b21-13+. The van der Waals surface area contributed by atoms with E-state index in [1.807, 2.05) is 6.92 Å². The molecular weight excluding hydrogens is 412 g/mol. The van der Waals surface area contributed by atoms with Gasteiger partial charge in [0.05, 0.1) is 18.2 Å². The van der Waals surface area contributed by atoms with Crippen molar-refractivity contribution in [3.8, 4) is 11.5 Å². The average molecular weight is 431 g/mol. The van der Waals surface area contributed by atoms with Gasteiger partial charge >= 0.3 is 5.97 Å². The number of sulfonamides is 1. The molecule has 29 heavy (non-hydrogen) atoms. The van der Waals surface area contributed by atoms with Crippen LogP contribution in [0.2, 0.25) is 0 Å². The quantitative estimate of drug-likeness (QED) is 0.268. The predicted molar refractivity (Wildman–Crippen MR) is 111 cm³/mol. The van der Waals surface area contributed by atoms with Gasteiger partial charge in [0.25, 0.3) is 10.0 Å². The van der Waals surface area contributed by atoms with E-state index in [0.29, 0.717) is 16.2 Å². The molecule has 0 radical (unpaired) electrons. The number of nitrogens with one attached hydrogen (secondary N) is 1. The summed E-state index contributed by atoms with van der Waals surface area (Å²) in [6.45, 7) is 1.87. The first-order chi connectivity index (χ1) is 13.9. The second-order valence-electron chi connectivity index (χ2n) is 5.94. The smallest absolute Gasteiger partial charge is 0.353 e. The summed E-state index contributed by atoms with van der Waals surface area (Å²) < 4.78 is 35.1. The van der Waals surface area contributed by atoms with Gasteiger partial charge in [-0.25, -0.2) is 9.63 Å². The zero-order chi connectivity index (χ0) is 20.9. The van der Waals surface area contributed by atoms with Crippen LogP contribution in [0, 0.1) is 6.92 Å². The number of hydrogen-bond donors (Lipinski definition) is 1. The number of ether oxygens (including phenoxy) is 2. The number of carbonyl (C=O) groups excluding carboxylic acids is 1. The van der Waals surface area contributed by atoms with Gasteiger partial charge in [-0.3, -0.25) is 0 Å². The van der Waals surface area contributed by atoms with Gasteiger partial charge in [-0.1, -0.05) is 23.8 Å². The molecule has 7 nitrogen and oxygen atoms in total. The molecule has 0 atom stereocenters. The minimum absolute atomic E-state index is 0.119. The second kappa shape index (κ2) is 8.89. The zero-order valence-corrected chi connectivity index (χ0v) is 17.3. The number of aryl methyl sites for hydroxylation is 1. The molecule has 9 heteroatoms. The van der Waals surface area contributed by atoms with Crippen LogP contribution in [0.25, 0.3) is 0 Å². The molecule has 3 aromatic rings. The number of benzene rings is 2. The number of methoxy groups -OCH3 is 1. The molecule has 3 rings (SSSR count). The lowest BCUT2D eigenvalue weighted by Crippen LogP contribution is -2.18. The van der Waals surface area contributed by atoms with Crippen LogP contribution in [0.15, 0.2) is 70.0 Å². The molecular formula is C20H18N2O5S2. The summed E-state index contributed by atoms with van der Waals surface area (Å²) in [5.41, 5.74) is 1.52. The van der Waals surface area contributed by atoms with E-state index < -0.39 is 16.0 Å². The molecule has 0 bridgehead atoms. The molecule has 1 heterocycles. The monoisotopic (exact) mass is 430 g/mol. The van der Waals surface area contributed by atoms with Crippen molar-refractivity contribution in [2.75, 3.05) is 7.11 Å². The first-order valence-corrected chi connectivity index (χ1v) is 10.8. The summed E-state index contributed by atoms with van der Waals surface area (Å²) in [5.74, 6) is 0.0918. The van der Waals surface area contributed by atoms with Gasteiger partial charge in [0.15, 0.2) is 11.5 Å². The van der Waals surface area contributed by atoms with Crippen molar-refractivity contribution in [3.63, 3.8) is 0 Å². The van der Waals surface area contributed by atoms with Crippen LogP contribution in [0.3, 0.4) is 0 Å². The van der Waals surface area contributed by atoms with E-state index in [9.17, 15) is 13.2 Å². The lowest BCUT2D eigenvalue weighted by Gasteiger charge is -2.09. The molecule has 1 N–H and O–H groups in total. The summed E-state index contributed by atoms with van der Waals surface area (Å²) >= 11 is 1.28. The number of nitrogens with zero attached hydrogens (tertiary/aromatic N) is 1. The van der Waals surface area contributed by atoms with E-state index in [2.05, 4.69) is 9.93 Å². The van der Waals surface area contributed by atoms with Crippen LogP contribution in [0.5, 0.6) is 11.5 Å². The fourth-order valence-corrected chi connectivity index (χ4v) is 3.72. The fourth-order valence-electron chi connectivity index (χ4n) is 2.33. The Kier molecular flexibility index (Phi) is 6.30. The number of hydrazone groups is 1. The van der Waals surface area contributed by atoms with Crippen LogP contribution in [-0.4, -0.2) is 27.7 Å². The third-order valence-electron chi connectivity index (χ3n) is 3.83. The van der Waals surface area contributed by atoms with Crippen molar-refractivity contribution in [1.82, 2.24) is 4.83 Å². The van der Waals surface area contributed by atoms with Crippen molar-refractivity contribution >= 4 is 33.5 Å². The van der Waals surface area contributed by atoms with Crippen molar-refractivity contribution in [2.45, 2.75) is 11.8 Å². The summed E-state index contributed by atoms with van der Waals surface area (Å²) in [4.78, 5) is 14.9. The minimum atomic E-state index is -3.76. The van der Waals surface area contributed by atoms with Crippen molar-refractivity contribution in [3.05, 3.63) is 76.0 Å². The molecule has 0 saturated heterocycles. The Bertz CT molecular complexity index is 1120. The van der Waals surface area contributed by atoms with Gasteiger partial charge in [-0.15, -0.1) is 11.3 Å². The Morgan fingerprint density at radius 2 is 1.86 bits per heavy atom. The van der Waals surface area contributed by atoms with Gasteiger partial charge < -0.3 is 9.47 Å². The summed E-state index contributed by atoms with van der Waals surface area (Å²) in [6, 6.07) is 14.6. The number of hydrogen-bond acceptors (Lipinski definition) is 7. The Morgan fingerprint density at radius 1 is 1.10 bits per heavy atom.